The number of aromatic amines is 1. The summed E-state index contributed by atoms with van der Waals surface area (Å²) in [4.78, 5) is 7.33. The first-order chi connectivity index (χ1) is 10.6. The minimum Gasteiger partial charge on any atom is -0.494 e. The number of hydrogen-bond donors (Lipinski definition) is 3. The molecule has 0 atom stereocenters. The van der Waals surface area contributed by atoms with E-state index in [1.807, 2.05) is 24.3 Å². The Morgan fingerprint density at radius 3 is 2.59 bits per heavy atom. The smallest absolute Gasteiger partial charge is 0.199 e. The lowest BCUT2D eigenvalue weighted by Gasteiger charge is -2.02. The molecule has 1 aromatic heterocycles. The number of halogens is 2. The van der Waals surface area contributed by atoms with Gasteiger partial charge in [-0.05, 0) is 18.2 Å². The van der Waals surface area contributed by atoms with Gasteiger partial charge in [-0.1, -0.05) is 41.4 Å². The van der Waals surface area contributed by atoms with E-state index in [0.717, 1.165) is 11.3 Å². The zero-order valence-electron chi connectivity index (χ0n) is 11.1. The molecule has 0 amide bonds. The van der Waals surface area contributed by atoms with Crippen molar-refractivity contribution in [3.05, 3.63) is 57.6 Å². The number of aromatic hydroxyl groups is 1. The molecule has 0 aliphatic carbocycles. The first-order valence-electron chi connectivity index (χ1n) is 6.53. The summed E-state index contributed by atoms with van der Waals surface area (Å²) >= 11 is 12.1. The molecule has 108 valence electrons. The molecule has 0 bridgehead atoms. The van der Waals surface area contributed by atoms with Crippen molar-refractivity contribution in [1.82, 2.24) is 4.98 Å². The lowest BCUT2D eigenvalue weighted by Crippen LogP contribution is -2.10. The highest BCUT2D eigenvalue weighted by atomic mass is 35.5. The second-order valence-electron chi connectivity index (χ2n) is 5.01. The third kappa shape index (κ3) is 1.78. The second-order valence-corrected chi connectivity index (χ2v) is 5.83. The summed E-state index contributed by atoms with van der Waals surface area (Å²) in [6, 6.07) is 10.7. The van der Waals surface area contributed by atoms with Gasteiger partial charge in [0.15, 0.2) is 5.88 Å². The number of rotatable bonds is 1. The van der Waals surface area contributed by atoms with Crippen LogP contribution in [0.2, 0.25) is 10.0 Å². The van der Waals surface area contributed by atoms with Crippen LogP contribution in [0, 0.1) is 5.41 Å². The minimum absolute atomic E-state index is 0.0513. The van der Waals surface area contributed by atoms with Gasteiger partial charge < -0.3 is 10.1 Å². The van der Waals surface area contributed by atoms with E-state index in [1.165, 1.54) is 0 Å². The Morgan fingerprint density at radius 1 is 1.09 bits per heavy atom. The molecule has 0 fully saturated rings. The SMILES string of the molecule is N=C1C(c2c(O)[nH]c3cc(Cl)c(Cl)cc23)=Nc2ccccc21. The zero-order valence-corrected chi connectivity index (χ0v) is 12.6. The molecule has 4 nitrogen and oxygen atoms in total. The van der Waals surface area contributed by atoms with E-state index in [-0.39, 0.29) is 11.6 Å². The average molecular weight is 330 g/mol. The van der Waals surface area contributed by atoms with Crippen LogP contribution in [0.15, 0.2) is 41.4 Å². The first kappa shape index (κ1) is 13.4. The predicted molar refractivity (Wildman–Crippen MR) is 89.5 cm³/mol. The highest BCUT2D eigenvalue weighted by Crippen LogP contribution is 2.37. The van der Waals surface area contributed by atoms with Crippen molar-refractivity contribution in [3.8, 4) is 5.88 Å². The van der Waals surface area contributed by atoms with E-state index in [4.69, 9.17) is 28.6 Å². The fourth-order valence-electron chi connectivity index (χ4n) is 2.68. The van der Waals surface area contributed by atoms with Crippen LogP contribution < -0.4 is 0 Å². The van der Waals surface area contributed by atoms with Crippen molar-refractivity contribution in [1.29, 1.82) is 5.41 Å². The number of para-hydroxylation sites is 1. The van der Waals surface area contributed by atoms with E-state index in [2.05, 4.69) is 9.98 Å². The lowest BCUT2D eigenvalue weighted by atomic mass is 10.0. The zero-order chi connectivity index (χ0) is 15.4. The summed E-state index contributed by atoms with van der Waals surface area (Å²) in [6.45, 7) is 0. The Hall–Kier alpha value is -2.30. The number of benzene rings is 2. The van der Waals surface area contributed by atoms with Crippen molar-refractivity contribution < 1.29 is 5.11 Å². The van der Waals surface area contributed by atoms with E-state index in [0.29, 0.717) is 32.2 Å². The third-order valence-electron chi connectivity index (χ3n) is 3.70. The van der Waals surface area contributed by atoms with Gasteiger partial charge in [0.05, 0.1) is 32.5 Å². The summed E-state index contributed by atoms with van der Waals surface area (Å²) in [5.74, 6) is -0.0513. The van der Waals surface area contributed by atoms with Gasteiger partial charge in [-0.15, -0.1) is 0 Å². The van der Waals surface area contributed by atoms with E-state index < -0.39 is 0 Å². The molecule has 1 aliphatic heterocycles. The molecule has 6 heteroatoms. The van der Waals surface area contributed by atoms with Gasteiger partial charge in [-0.25, -0.2) is 4.99 Å². The highest BCUT2D eigenvalue weighted by Gasteiger charge is 2.27. The number of nitrogens with one attached hydrogen (secondary N) is 2. The molecule has 1 aliphatic rings. The molecule has 0 saturated heterocycles. The summed E-state index contributed by atoms with van der Waals surface area (Å²) < 4.78 is 0. The molecule has 3 aromatic rings. The average Bonchev–Trinajstić information content (AvgIpc) is 2.97. The van der Waals surface area contributed by atoms with Crippen LogP contribution in [0.1, 0.15) is 11.1 Å². The largest absolute Gasteiger partial charge is 0.494 e. The highest BCUT2D eigenvalue weighted by molar-refractivity contribution is 6.57. The van der Waals surface area contributed by atoms with E-state index >= 15 is 0 Å². The normalized spacial score (nSPS) is 13.5. The molecule has 22 heavy (non-hydrogen) atoms. The standard InChI is InChI=1S/C16H9Cl2N3O/c17-9-5-8-12(6-10(9)18)21-16(22)13(8)15-14(19)7-3-1-2-4-11(7)20-15/h1-6,19,21-22H. The van der Waals surface area contributed by atoms with Crippen LogP contribution in [0.3, 0.4) is 0 Å². The molecule has 0 saturated carbocycles. The second kappa shape index (κ2) is 4.60. The Morgan fingerprint density at radius 2 is 1.82 bits per heavy atom. The third-order valence-corrected chi connectivity index (χ3v) is 4.42. The van der Waals surface area contributed by atoms with Crippen molar-refractivity contribution in [2.75, 3.05) is 0 Å². The first-order valence-corrected chi connectivity index (χ1v) is 7.29. The van der Waals surface area contributed by atoms with Crippen LogP contribution in [-0.2, 0) is 0 Å². The number of aliphatic imine (C=N–C) groups is 1. The molecule has 3 N–H and O–H groups in total. The number of aromatic nitrogens is 1. The maximum Gasteiger partial charge on any atom is 0.199 e. The van der Waals surface area contributed by atoms with Crippen molar-refractivity contribution >= 4 is 51.2 Å². The molecule has 2 aromatic carbocycles. The van der Waals surface area contributed by atoms with Gasteiger partial charge in [0, 0.05) is 10.9 Å². The van der Waals surface area contributed by atoms with Crippen molar-refractivity contribution in [2.24, 2.45) is 4.99 Å². The predicted octanol–water partition coefficient (Wildman–Crippen LogP) is 4.68. The minimum atomic E-state index is -0.0513. The summed E-state index contributed by atoms with van der Waals surface area (Å²) in [5.41, 5.74) is 3.27. The number of hydrogen-bond acceptors (Lipinski definition) is 3. The van der Waals surface area contributed by atoms with Crippen LogP contribution in [0.5, 0.6) is 5.88 Å². The molecular formula is C16H9Cl2N3O. The van der Waals surface area contributed by atoms with Crippen molar-refractivity contribution in [3.63, 3.8) is 0 Å². The maximum absolute atomic E-state index is 10.3. The van der Waals surface area contributed by atoms with Crippen LogP contribution in [0.25, 0.3) is 10.9 Å². The van der Waals surface area contributed by atoms with E-state index in [1.54, 1.807) is 12.1 Å². The Balaban J connectivity index is 1.99. The van der Waals surface area contributed by atoms with Gasteiger partial charge in [0.25, 0.3) is 0 Å². The fraction of sp³-hybridized carbons (Fsp3) is 0. The Bertz CT molecular complexity index is 988. The quantitative estimate of drug-likeness (QED) is 0.595. The molecule has 0 unspecified atom stereocenters. The van der Waals surface area contributed by atoms with Gasteiger partial charge >= 0.3 is 0 Å². The van der Waals surface area contributed by atoms with Crippen LogP contribution in [0.4, 0.5) is 5.69 Å². The molecule has 0 spiro atoms. The van der Waals surface area contributed by atoms with Gasteiger partial charge in [-0.3, -0.25) is 5.41 Å². The molecule has 4 rings (SSSR count). The maximum atomic E-state index is 10.3. The molecule has 0 radical (unpaired) electrons. The number of fused-ring (bicyclic) bond motifs is 2. The van der Waals surface area contributed by atoms with Gasteiger partial charge in [0.1, 0.15) is 5.71 Å². The molecule has 2 heterocycles. The summed E-state index contributed by atoms with van der Waals surface area (Å²) in [6.07, 6.45) is 0. The van der Waals surface area contributed by atoms with Gasteiger partial charge in [-0.2, -0.15) is 0 Å². The van der Waals surface area contributed by atoms with E-state index in [9.17, 15) is 5.11 Å². The number of H-pyrrole nitrogens is 1. The summed E-state index contributed by atoms with van der Waals surface area (Å²) in [5, 5.41) is 20.0. The number of nitrogens with zero attached hydrogens (tertiary/aromatic N) is 1. The van der Waals surface area contributed by atoms with Crippen molar-refractivity contribution in [2.45, 2.75) is 0 Å². The van der Waals surface area contributed by atoms with Crippen LogP contribution in [-0.4, -0.2) is 21.5 Å². The van der Waals surface area contributed by atoms with Gasteiger partial charge in [0.2, 0.25) is 0 Å². The topological polar surface area (TPSA) is 72.2 Å². The monoisotopic (exact) mass is 329 g/mol. The van der Waals surface area contributed by atoms with Crippen LogP contribution >= 0.6 is 23.2 Å². The summed E-state index contributed by atoms with van der Waals surface area (Å²) in [7, 11) is 0. The molecular weight excluding hydrogens is 321 g/mol. The fourth-order valence-corrected chi connectivity index (χ4v) is 3.01. The lowest BCUT2D eigenvalue weighted by molar-refractivity contribution is 0.457. The Labute approximate surface area is 135 Å². The Kier molecular flexibility index (Phi) is 2.79.